The van der Waals surface area contributed by atoms with E-state index in [1.54, 1.807) is 67.5 Å². The molecule has 1 aromatic carbocycles. The van der Waals surface area contributed by atoms with Crippen LogP contribution in [-0.2, 0) is 59.2 Å². The molecule has 438 valence electrons. The summed E-state index contributed by atoms with van der Waals surface area (Å²) in [6, 6.07) is -4.04. The van der Waals surface area contributed by atoms with Gasteiger partial charge >= 0.3 is 11.9 Å². The van der Waals surface area contributed by atoms with Gasteiger partial charge in [0.05, 0.1) is 12.5 Å². The van der Waals surface area contributed by atoms with Gasteiger partial charge in [-0.05, 0) is 74.7 Å². The van der Waals surface area contributed by atoms with Crippen molar-refractivity contribution in [3.8, 4) is 0 Å². The summed E-state index contributed by atoms with van der Waals surface area (Å²) in [6.45, 7) is 19.3. The van der Waals surface area contributed by atoms with Crippen molar-refractivity contribution in [2.45, 2.75) is 182 Å². The molecule has 0 bridgehead atoms. The number of nitrogens with zero attached hydrogens (tertiary/aromatic N) is 1. The third-order valence-corrected chi connectivity index (χ3v) is 12.6. The van der Waals surface area contributed by atoms with E-state index in [4.69, 9.17) is 17.2 Å². The van der Waals surface area contributed by atoms with Crippen molar-refractivity contribution in [3.05, 3.63) is 35.9 Å². The van der Waals surface area contributed by atoms with E-state index in [-0.39, 0.29) is 44.1 Å². The van der Waals surface area contributed by atoms with Crippen molar-refractivity contribution in [3.63, 3.8) is 0 Å². The summed E-state index contributed by atoms with van der Waals surface area (Å²) in [7, 11) is 0. The highest BCUT2D eigenvalue weighted by Crippen LogP contribution is 2.14. The Balaban J connectivity index is 3.31. The van der Waals surface area contributed by atoms with Crippen LogP contribution in [0.15, 0.2) is 35.3 Å². The van der Waals surface area contributed by atoms with Crippen LogP contribution >= 0.6 is 0 Å². The SMILES string of the molecule is CC[C@H](C)[C@H](NC(=O)[C@H](C)NC(=O)[C@H](CC(=O)O)NC(=O)[C@@H](NC(=O)[C@H](CC(C)C)NC(=O)[C@@H](N)Cc1ccccc1)C(C)C)C(=O)N[C@H](C(=O)N[C@@H](CCCN=C(N)N)C(=O)N[C@H](C(=O)N[C@@H](C)C(=O)O)C(C)C)C(C)C. The molecule has 9 amide bonds. The standard InChI is InChI=1S/C52H87N13O13/c1-13-29(10)41(50(76)64-40(28(8)9)48(74)59-34(20-17-21-56-52(54)55)44(70)62-38(26(4)5)47(73)58-31(12)51(77)78)65-42(68)30(11)57-45(71)36(24-37(66)67)61-49(75)39(27(6)7)63-46(72)35(22-25(2)3)60-43(69)33(53)23-32-18-15-14-16-19-32/h14-16,18-19,25-31,33-36,38-41H,13,17,20-24,53H2,1-12H3,(H,57,71)(H,58,73)(H,59,74)(H,60,69)(H,61,75)(H,62,70)(H,63,72)(H,64,76)(H,65,68)(H,66,67)(H,77,78)(H4,54,55,56)/t29-,30-,31-,33-,34-,35-,36-,38-,39-,40-,41-/m0/s1. The van der Waals surface area contributed by atoms with Gasteiger partial charge in [0.25, 0.3) is 0 Å². The molecular weight excluding hydrogens is 1010 g/mol. The van der Waals surface area contributed by atoms with Crippen LogP contribution in [-0.4, -0.2) is 148 Å². The number of aliphatic imine (C=N–C) groups is 1. The van der Waals surface area contributed by atoms with Crippen LogP contribution in [0, 0.1) is 29.6 Å². The number of hydrogen-bond acceptors (Lipinski definition) is 13. The lowest BCUT2D eigenvalue weighted by Gasteiger charge is -2.30. The quantitative estimate of drug-likeness (QED) is 0.0215. The molecule has 0 unspecified atom stereocenters. The number of rotatable bonds is 34. The normalized spacial score (nSPS) is 15.5. The molecule has 0 aromatic heterocycles. The fourth-order valence-electron chi connectivity index (χ4n) is 7.70. The number of carboxylic acid groups (broad SMARTS) is 2. The first-order chi connectivity index (χ1) is 36.3. The van der Waals surface area contributed by atoms with Gasteiger partial charge in [-0.25, -0.2) is 0 Å². The maximum atomic E-state index is 14.1. The zero-order valence-corrected chi connectivity index (χ0v) is 47.1. The first kappa shape index (κ1) is 68.6. The largest absolute Gasteiger partial charge is 0.481 e. The number of nitrogens with one attached hydrogen (secondary N) is 9. The van der Waals surface area contributed by atoms with Gasteiger partial charge in [0.1, 0.15) is 54.4 Å². The molecule has 0 saturated carbocycles. The number of carbonyl (C=O) groups excluding carboxylic acids is 9. The smallest absolute Gasteiger partial charge is 0.325 e. The van der Waals surface area contributed by atoms with Crippen LogP contribution in [0.1, 0.15) is 121 Å². The third kappa shape index (κ3) is 24.3. The Morgan fingerprint density at radius 2 is 0.936 bits per heavy atom. The maximum absolute atomic E-state index is 14.1. The minimum Gasteiger partial charge on any atom is -0.481 e. The number of aliphatic carboxylic acids is 2. The molecule has 26 nitrogen and oxygen atoms in total. The van der Waals surface area contributed by atoms with Crippen LogP contribution in [0.4, 0.5) is 0 Å². The summed E-state index contributed by atoms with van der Waals surface area (Å²) in [5.41, 5.74) is 17.9. The molecule has 0 heterocycles. The van der Waals surface area contributed by atoms with E-state index in [0.29, 0.717) is 6.42 Å². The molecule has 0 fully saturated rings. The zero-order chi connectivity index (χ0) is 59.7. The lowest BCUT2D eigenvalue weighted by Crippen LogP contribution is -2.62. The molecule has 78 heavy (non-hydrogen) atoms. The highest BCUT2D eigenvalue weighted by atomic mass is 16.4. The maximum Gasteiger partial charge on any atom is 0.325 e. The molecule has 17 N–H and O–H groups in total. The van der Waals surface area contributed by atoms with E-state index in [2.05, 4.69) is 52.8 Å². The number of nitrogens with two attached hydrogens (primary N) is 3. The van der Waals surface area contributed by atoms with Gasteiger partial charge in [0.15, 0.2) is 5.96 Å². The van der Waals surface area contributed by atoms with Crippen molar-refractivity contribution in [2.75, 3.05) is 6.54 Å². The Kier molecular flexibility index (Phi) is 29.7. The Morgan fingerprint density at radius 1 is 0.513 bits per heavy atom. The topological polar surface area (TPSA) is 427 Å². The molecule has 0 saturated heterocycles. The van der Waals surface area contributed by atoms with Crippen molar-refractivity contribution < 1.29 is 63.0 Å². The van der Waals surface area contributed by atoms with Crippen molar-refractivity contribution in [1.82, 2.24) is 47.9 Å². The average molecular weight is 1100 g/mol. The molecule has 1 rings (SSSR count). The fraction of sp³-hybridized carbons (Fsp3) is 0.654. The summed E-state index contributed by atoms with van der Waals surface area (Å²) in [4.78, 5) is 151. The Hall–Kier alpha value is -7.38. The number of carbonyl (C=O) groups is 11. The van der Waals surface area contributed by atoms with Crippen LogP contribution in [0.5, 0.6) is 0 Å². The van der Waals surface area contributed by atoms with E-state index in [9.17, 15) is 63.0 Å². The van der Waals surface area contributed by atoms with Crippen LogP contribution in [0.25, 0.3) is 0 Å². The number of amides is 9. The fourth-order valence-corrected chi connectivity index (χ4v) is 7.70. The van der Waals surface area contributed by atoms with Crippen LogP contribution in [0.2, 0.25) is 0 Å². The molecule has 0 aliphatic heterocycles. The van der Waals surface area contributed by atoms with E-state index in [1.165, 1.54) is 13.8 Å². The van der Waals surface area contributed by atoms with Crippen molar-refractivity contribution in [2.24, 2.45) is 51.8 Å². The molecule has 0 radical (unpaired) electrons. The molecule has 0 spiro atoms. The molecule has 0 aliphatic rings. The second-order valence-electron chi connectivity index (χ2n) is 21.0. The lowest BCUT2D eigenvalue weighted by atomic mass is 9.96. The molecule has 11 atom stereocenters. The highest BCUT2D eigenvalue weighted by Gasteiger charge is 2.37. The summed E-state index contributed by atoms with van der Waals surface area (Å²) < 4.78 is 0. The van der Waals surface area contributed by atoms with Crippen LogP contribution in [0.3, 0.4) is 0 Å². The van der Waals surface area contributed by atoms with Gasteiger partial charge in [-0.3, -0.25) is 57.7 Å². The minimum absolute atomic E-state index is 0.0436. The first-order valence-electron chi connectivity index (χ1n) is 26.3. The monoisotopic (exact) mass is 1100 g/mol. The molecule has 0 aliphatic carbocycles. The molecule has 1 aromatic rings. The van der Waals surface area contributed by atoms with Gasteiger partial charge in [-0.15, -0.1) is 0 Å². The summed E-state index contributed by atoms with van der Waals surface area (Å²) in [6.07, 6.45) is -0.107. The van der Waals surface area contributed by atoms with E-state index < -0.39 is 156 Å². The van der Waals surface area contributed by atoms with Crippen molar-refractivity contribution >= 4 is 71.1 Å². The van der Waals surface area contributed by atoms with Gasteiger partial charge in [-0.2, -0.15) is 0 Å². The first-order valence-corrected chi connectivity index (χ1v) is 26.3. The van der Waals surface area contributed by atoms with E-state index in [0.717, 1.165) is 5.56 Å². The second kappa shape index (κ2) is 33.7. The minimum atomic E-state index is -1.77. The Morgan fingerprint density at radius 3 is 1.40 bits per heavy atom. The van der Waals surface area contributed by atoms with E-state index >= 15 is 0 Å². The third-order valence-electron chi connectivity index (χ3n) is 12.6. The summed E-state index contributed by atoms with van der Waals surface area (Å²) in [5, 5.41) is 41.9. The number of benzene rings is 1. The van der Waals surface area contributed by atoms with Gasteiger partial charge < -0.3 is 75.3 Å². The number of guanidine groups is 1. The predicted octanol–water partition coefficient (Wildman–Crippen LogP) is -1.37. The Labute approximate surface area is 456 Å². The van der Waals surface area contributed by atoms with Crippen molar-refractivity contribution in [1.29, 1.82) is 0 Å². The molecular formula is C52H87N13O13. The summed E-state index contributed by atoms with van der Waals surface area (Å²) >= 11 is 0. The highest BCUT2D eigenvalue weighted by molar-refractivity contribution is 5.99. The summed E-state index contributed by atoms with van der Waals surface area (Å²) in [5.74, 6) is -12.9. The predicted molar refractivity (Wildman–Crippen MR) is 290 cm³/mol. The number of carboxylic acids is 2. The van der Waals surface area contributed by atoms with Gasteiger partial charge in [0, 0.05) is 6.54 Å². The van der Waals surface area contributed by atoms with Gasteiger partial charge in [0.2, 0.25) is 53.2 Å². The Bertz CT molecular complexity index is 2240. The second-order valence-corrected chi connectivity index (χ2v) is 21.0. The van der Waals surface area contributed by atoms with E-state index in [1.807, 2.05) is 32.0 Å². The van der Waals surface area contributed by atoms with Crippen LogP contribution < -0.4 is 65.1 Å². The van der Waals surface area contributed by atoms with Gasteiger partial charge in [-0.1, -0.05) is 106 Å². The average Bonchev–Trinajstić information content (AvgIpc) is 3.34. The number of hydrogen-bond donors (Lipinski definition) is 14. The zero-order valence-electron chi connectivity index (χ0n) is 47.1. The molecule has 26 heteroatoms. The lowest BCUT2D eigenvalue weighted by molar-refractivity contribution is -0.142.